The lowest BCUT2D eigenvalue weighted by molar-refractivity contribution is 0.250. The van der Waals surface area contributed by atoms with E-state index in [1.54, 1.807) is 49.8 Å². The molecule has 1 unspecified atom stereocenters. The molecule has 10 nitrogen and oxygen atoms in total. The van der Waals surface area contributed by atoms with Crippen molar-refractivity contribution < 1.29 is 19.0 Å². The van der Waals surface area contributed by atoms with Crippen molar-refractivity contribution in [3.05, 3.63) is 66.2 Å². The first kappa shape index (κ1) is 29.3. The van der Waals surface area contributed by atoms with Crippen molar-refractivity contribution in [1.29, 1.82) is 0 Å². The summed E-state index contributed by atoms with van der Waals surface area (Å²) in [5.74, 6) is 2.82. The number of nitrogens with zero attached hydrogens (tertiary/aromatic N) is 4. The minimum Gasteiger partial charge on any atom is -0.493 e. The Morgan fingerprint density at radius 2 is 1.95 bits per heavy atom. The number of urea groups is 1. The molecule has 1 saturated heterocycles. The minimum atomic E-state index is -0.430. The summed E-state index contributed by atoms with van der Waals surface area (Å²) in [5, 5.41) is 6.42. The number of likely N-dealkylation sites (tertiary alicyclic amines) is 1. The number of anilines is 2. The highest BCUT2D eigenvalue weighted by molar-refractivity contribution is 6.34. The first-order chi connectivity index (χ1) is 20.5. The van der Waals surface area contributed by atoms with Gasteiger partial charge in [0.25, 0.3) is 0 Å². The molecule has 3 heterocycles. The topological polar surface area (TPSA) is 111 Å². The number of amides is 2. The summed E-state index contributed by atoms with van der Waals surface area (Å²) in [6.45, 7) is 6.25. The van der Waals surface area contributed by atoms with Gasteiger partial charge in [-0.3, -0.25) is 4.98 Å². The van der Waals surface area contributed by atoms with E-state index >= 15 is 0 Å². The van der Waals surface area contributed by atoms with Gasteiger partial charge < -0.3 is 29.7 Å². The van der Waals surface area contributed by atoms with Crippen LogP contribution < -0.4 is 24.8 Å². The fourth-order valence-electron chi connectivity index (χ4n) is 5.12. The minimum absolute atomic E-state index is 0.304. The standard InChI is InChI=1S/C31H35ClN6O4/c1-3-5-21-10-14-38(19-21)13-4-15-41-29-18-27-24(17-28(29)40-2)30(35-20-34-27)42-23-6-7-26(25(32)16-23)37-31(39)36-22-8-11-33-12-9-22/h6-9,11-12,16-18,20-21H,3-5,10,13-15,19H2,1-2H3,(H2,33,36,37,39). The number of aromatic nitrogens is 3. The summed E-state index contributed by atoms with van der Waals surface area (Å²) in [5.41, 5.74) is 1.70. The fraction of sp³-hybridized carbons (Fsp3) is 0.355. The van der Waals surface area contributed by atoms with Gasteiger partial charge in [-0.2, -0.15) is 0 Å². The molecule has 2 aromatic heterocycles. The van der Waals surface area contributed by atoms with E-state index in [0.717, 1.165) is 18.9 Å². The molecule has 4 aromatic rings. The molecular formula is C31H35ClN6O4. The molecule has 5 rings (SSSR count). The summed E-state index contributed by atoms with van der Waals surface area (Å²) in [4.78, 5) is 27.6. The van der Waals surface area contributed by atoms with Crippen LogP contribution in [0.5, 0.6) is 23.1 Å². The van der Waals surface area contributed by atoms with Crippen molar-refractivity contribution in [1.82, 2.24) is 19.9 Å². The monoisotopic (exact) mass is 590 g/mol. The molecule has 2 N–H and O–H groups in total. The maximum Gasteiger partial charge on any atom is 0.323 e. The SMILES string of the molecule is CCCC1CCN(CCCOc2cc3ncnc(Oc4ccc(NC(=O)Nc5ccncc5)c(Cl)c4)c3cc2OC)C1. The zero-order valence-electron chi connectivity index (χ0n) is 23.8. The van der Waals surface area contributed by atoms with E-state index in [-0.39, 0.29) is 0 Å². The summed E-state index contributed by atoms with van der Waals surface area (Å²) >= 11 is 6.45. The van der Waals surface area contributed by atoms with E-state index in [4.69, 9.17) is 25.8 Å². The maximum absolute atomic E-state index is 12.3. The second-order valence-electron chi connectivity index (χ2n) is 10.2. The van der Waals surface area contributed by atoms with Crippen molar-refractivity contribution in [2.45, 2.75) is 32.6 Å². The predicted molar refractivity (Wildman–Crippen MR) is 164 cm³/mol. The van der Waals surface area contributed by atoms with E-state index in [9.17, 15) is 4.79 Å². The molecule has 2 amide bonds. The second-order valence-corrected chi connectivity index (χ2v) is 10.6. The average molecular weight is 591 g/mol. The number of fused-ring (bicyclic) bond motifs is 1. The van der Waals surface area contributed by atoms with Crippen LogP contribution in [0.15, 0.2) is 61.2 Å². The molecule has 220 valence electrons. The molecule has 0 spiro atoms. The molecular weight excluding hydrogens is 556 g/mol. The van der Waals surface area contributed by atoms with Crippen molar-refractivity contribution in [3.8, 4) is 23.1 Å². The maximum atomic E-state index is 12.3. The zero-order valence-corrected chi connectivity index (χ0v) is 24.6. The van der Waals surface area contributed by atoms with Crippen LogP contribution in [0.2, 0.25) is 5.02 Å². The van der Waals surface area contributed by atoms with Gasteiger partial charge in [0.2, 0.25) is 5.88 Å². The van der Waals surface area contributed by atoms with E-state index in [1.165, 1.54) is 38.7 Å². The van der Waals surface area contributed by atoms with Crippen LogP contribution in [0.1, 0.15) is 32.6 Å². The molecule has 0 bridgehead atoms. The van der Waals surface area contributed by atoms with Crippen LogP contribution in [0.4, 0.5) is 16.2 Å². The second kappa shape index (κ2) is 14.2. The Hall–Kier alpha value is -4.15. The third-order valence-corrected chi connectivity index (χ3v) is 7.48. The largest absolute Gasteiger partial charge is 0.493 e. The number of benzene rings is 2. The van der Waals surface area contributed by atoms with Crippen LogP contribution in [0.25, 0.3) is 10.9 Å². The van der Waals surface area contributed by atoms with Crippen LogP contribution in [-0.2, 0) is 0 Å². The van der Waals surface area contributed by atoms with Gasteiger partial charge in [0.05, 0.1) is 35.3 Å². The fourth-order valence-corrected chi connectivity index (χ4v) is 5.33. The van der Waals surface area contributed by atoms with Gasteiger partial charge in [-0.05, 0) is 62.1 Å². The van der Waals surface area contributed by atoms with Crippen molar-refractivity contribution in [2.24, 2.45) is 5.92 Å². The quantitative estimate of drug-likeness (QED) is 0.169. The Labute approximate surface area is 250 Å². The van der Waals surface area contributed by atoms with Crippen LogP contribution in [-0.4, -0.2) is 59.2 Å². The van der Waals surface area contributed by atoms with Crippen molar-refractivity contribution >= 4 is 39.9 Å². The molecule has 1 aliphatic heterocycles. The van der Waals surface area contributed by atoms with E-state index in [0.29, 0.717) is 57.0 Å². The summed E-state index contributed by atoms with van der Waals surface area (Å²) in [6, 6.07) is 11.6. The first-order valence-corrected chi connectivity index (χ1v) is 14.5. The van der Waals surface area contributed by atoms with Crippen molar-refractivity contribution in [3.63, 3.8) is 0 Å². The smallest absolute Gasteiger partial charge is 0.323 e. The molecule has 1 fully saturated rings. The normalized spacial score (nSPS) is 15.0. The van der Waals surface area contributed by atoms with Gasteiger partial charge in [0.1, 0.15) is 12.1 Å². The van der Waals surface area contributed by atoms with Crippen LogP contribution >= 0.6 is 11.6 Å². The van der Waals surface area contributed by atoms with E-state index in [1.807, 2.05) is 12.1 Å². The van der Waals surface area contributed by atoms with Gasteiger partial charge in [-0.25, -0.2) is 14.8 Å². The molecule has 0 saturated carbocycles. The lowest BCUT2D eigenvalue weighted by Crippen LogP contribution is -2.23. The number of nitrogens with one attached hydrogen (secondary N) is 2. The number of methoxy groups -OCH3 is 1. The van der Waals surface area contributed by atoms with E-state index < -0.39 is 6.03 Å². The Bertz CT molecular complexity index is 1510. The number of carbonyl (C=O) groups is 1. The molecule has 1 atom stereocenters. The molecule has 11 heteroatoms. The number of halogens is 1. The number of hydrogen-bond acceptors (Lipinski definition) is 8. The average Bonchev–Trinajstić information content (AvgIpc) is 3.44. The molecule has 1 aliphatic rings. The van der Waals surface area contributed by atoms with Gasteiger partial charge in [0.15, 0.2) is 11.5 Å². The summed E-state index contributed by atoms with van der Waals surface area (Å²) in [7, 11) is 1.60. The van der Waals surface area contributed by atoms with Gasteiger partial charge >= 0.3 is 6.03 Å². The Kier molecular flexibility index (Phi) is 9.89. The number of hydrogen-bond donors (Lipinski definition) is 2. The summed E-state index contributed by atoms with van der Waals surface area (Å²) < 4.78 is 17.8. The van der Waals surface area contributed by atoms with E-state index in [2.05, 4.69) is 37.4 Å². The Balaban J connectivity index is 1.21. The lowest BCUT2D eigenvalue weighted by atomic mass is 10.0. The van der Waals surface area contributed by atoms with Gasteiger partial charge in [-0.15, -0.1) is 0 Å². The van der Waals surface area contributed by atoms with Crippen molar-refractivity contribution in [2.75, 3.05) is 44.0 Å². The van der Waals surface area contributed by atoms with Gasteiger partial charge in [0, 0.05) is 43.3 Å². The number of ether oxygens (including phenoxy) is 3. The third-order valence-electron chi connectivity index (χ3n) is 7.17. The number of rotatable bonds is 12. The zero-order chi connectivity index (χ0) is 29.3. The highest BCUT2D eigenvalue weighted by Crippen LogP contribution is 2.37. The molecule has 0 aliphatic carbocycles. The Morgan fingerprint density at radius 3 is 2.74 bits per heavy atom. The van der Waals surface area contributed by atoms with Gasteiger partial charge in [-0.1, -0.05) is 24.9 Å². The van der Waals surface area contributed by atoms with Crippen LogP contribution in [0, 0.1) is 5.92 Å². The highest BCUT2D eigenvalue weighted by Gasteiger charge is 2.21. The summed E-state index contributed by atoms with van der Waals surface area (Å²) in [6.07, 6.45) is 9.43. The highest BCUT2D eigenvalue weighted by atomic mass is 35.5. The first-order valence-electron chi connectivity index (χ1n) is 14.2. The predicted octanol–water partition coefficient (Wildman–Crippen LogP) is 7.01. The van der Waals surface area contributed by atoms with Crippen LogP contribution in [0.3, 0.4) is 0 Å². The Morgan fingerprint density at radius 1 is 1.10 bits per heavy atom. The molecule has 42 heavy (non-hydrogen) atoms. The number of carbonyl (C=O) groups excluding carboxylic acids is 1. The molecule has 2 aromatic carbocycles. The lowest BCUT2D eigenvalue weighted by Gasteiger charge is -2.17. The number of pyridine rings is 1. The molecule has 0 radical (unpaired) electrons. The third kappa shape index (κ3) is 7.57.